The molecule has 3 N–H and O–H groups in total. The number of amides is 2. The summed E-state index contributed by atoms with van der Waals surface area (Å²) in [4.78, 5) is 11.4. The van der Waals surface area contributed by atoms with Crippen LogP contribution < -0.4 is 10.6 Å². The Morgan fingerprint density at radius 3 is 2.41 bits per heavy atom. The van der Waals surface area contributed by atoms with Crippen LogP contribution in [-0.4, -0.2) is 21.2 Å². The highest BCUT2D eigenvalue weighted by atomic mass is 35.6. The highest BCUT2D eigenvalue weighted by Crippen LogP contribution is 2.29. The lowest BCUT2D eigenvalue weighted by Crippen LogP contribution is -2.45. The van der Waals surface area contributed by atoms with E-state index >= 15 is 0 Å². The van der Waals surface area contributed by atoms with E-state index in [1.54, 1.807) is 24.3 Å². The number of para-hydroxylation sites is 1. The maximum atomic E-state index is 11.4. The average Bonchev–Trinajstić information content (AvgIpc) is 2.20. The lowest BCUT2D eigenvalue weighted by molar-refractivity contribution is 0.148. The molecule has 0 saturated heterocycles. The predicted molar refractivity (Wildman–Crippen MR) is 69.9 cm³/mol. The highest BCUT2D eigenvalue weighted by Gasteiger charge is 2.32. The van der Waals surface area contributed by atoms with Crippen LogP contribution in [0.1, 0.15) is 0 Å². The van der Waals surface area contributed by atoms with Crippen molar-refractivity contribution in [3.63, 3.8) is 0 Å². The van der Waals surface area contributed by atoms with Crippen LogP contribution in [0.5, 0.6) is 0 Å². The van der Waals surface area contributed by atoms with Crippen molar-refractivity contribution in [2.24, 2.45) is 0 Å². The smallest absolute Gasteiger partial charge is 0.321 e. The Bertz CT molecular complexity index is 408. The van der Waals surface area contributed by atoms with Crippen molar-refractivity contribution in [1.82, 2.24) is 5.32 Å². The van der Waals surface area contributed by atoms with Gasteiger partial charge in [-0.15, -0.1) is 0 Å². The monoisotopic (exact) mass is 316 g/mol. The van der Waals surface area contributed by atoms with Gasteiger partial charge in [-0.3, -0.25) is 0 Å². The van der Waals surface area contributed by atoms with Gasteiger partial charge in [0.05, 0.1) is 10.7 Å². The number of anilines is 1. The van der Waals surface area contributed by atoms with Crippen LogP contribution in [-0.2, 0) is 0 Å². The summed E-state index contributed by atoms with van der Waals surface area (Å²) < 4.78 is -2.00. The van der Waals surface area contributed by atoms with Crippen LogP contribution in [0, 0.1) is 0 Å². The van der Waals surface area contributed by atoms with E-state index in [4.69, 9.17) is 46.4 Å². The lowest BCUT2D eigenvalue weighted by Gasteiger charge is -2.20. The number of benzene rings is 1. The molecular weight excluding hydrogens is 310 g/mol. The molecule has 1 atom stereocenters. The quantitative estimate of drug-likeness (QED) is 0.579. The van der Waals surface area contributed by atoms with Gasteiger partial charge < -0.3 is 15.7 Å². The van der Waals surface area contributed by atoms with Gasteiger partial charge in [-0.25, -0.2) is 4.79 Å². The second-order valence-electron chi connectivity index (χ2n) is 3.02. The first-order valence-corrected chi connectivity index (χ1v) is 5.88. The molecule has 0 radical (unpaired) electrons. The second kappa shape index (κ2) is 5.98. The van der Waals surface area contributed by atoms with Crippen molar-refractivity contribution >= 4 is 58.1 Å². The molecule has 4 nitrogen and oxygen atoms in total. The van der Waals surface area contributed by atoms with Crippen molar-refractivity contribution in [1.29, 1.82) is 0 Å². The number of nitrogens with one attached hydrogen (secondary N) is 2. The first kappa shape index (κ1) is 14.7. The van der Waals surface area contributed by atoms with Crippen LogP contribution in [0.3, 0.4) is 0 Å². The van der Waals surface area contributed by atoms with Crippen LogP contribution in [0.25, 0.3) is 0 Å². The summed E-state index contributed by atoms with van der Waals surface area (Å²) in [6, 6.07) is 5.84. The zero-order valence-corrected chi connectivity index (χ0v) is 11.3. The summed E-state index contributed by atoms with van der Waals surface area (Å²) in [5.74, 6) is 0. The van der Waals surface area contributed by atoms with E-state index in [-0.39, 0.29) is 0 Å². The fourth-order valence-electron chi connectivity index (χ4n) is 0.927. The zero-order valence-electron chi connectivity index (χ0n) is 8.25. The summed E-state index contributed by atoms with van der Waals surface area (Å²) in [7, 11) is 0. The number of aliphatic hydroxyl groups excluding tert-OH is 1. The van der Waals surface area contributed by atoms with Gasteiger partial charge in [0.15, 0.2) is 6.23 Å². The second-order valence-corrected chi connectivity index (χ2v) is 5.80. The molecule has 0 saturated carbocycles. The van der Waals surface area contributed by atoms with Crippen molar-refractivity contribution in [3.8, 4) is 0 Å². The zero-order chi connectivity index (χ0) is 13.1. The Balaban J connectivity index is 2.60. The molecular formula is C9H8Cl4N2O2. The molecule has 2 amide bonds. The fourth-order valence-corrected chi connectivity index (χ4v) is 1.27. The van der Waals surface area contributed by atoms with E-state index in [1.165, 1.54) is 0 Å². The SMILES string of the molecule is O=C(Nc1ccccc1Cl)N[C@@H](O)C(Cl)(Cl)Cl. The van der Waals surface area contributed by atoms with Gasteiger partial charge in [-0.1, -0.05) is 58.5 Å². The summed E-state index contributed by atoms with van der Waals surface area (Å²) >= 11 is 21.9. The molecule has 0 aromatic heterocycles. The third-order valence-electron chi connectivity index (χ3n) is 1.70. The molecule has 1 aromatic carbocycles. The van der Waals surface area contributed by atoms with Crippen LogP contribution in [0.4, 0.5) is 10.5 Å². The first-order chi connectivity index (χ1) is 7.80. The van der Waals surface area contributed by atoms with Crippen molar-refractivity contribution in [2.75, 3.05) is 5.32 Å². The van der Waals surface area contributed by atoms with Crippen molar-refractivity contribution < 1.29 is 9.90 Å². The van der Waals surface area contributed by atoms with E-state index in [2.05, 4.69) is 5.32 Å². The number of urea groups is 1. The fraction of sp³-hybridized carbons (Fsp3) is 0.222. The number of alkyl halides is 3. The van der Waals surface area contributed by atoms with E-state index in [0.29, 0.717) is 10.7 Å². The molecule has 0 aliphatic carbocycles. The molecule has 0 aliphatic heterocycles. The lowest BCUT2D eigenvalue weighted by atomic mass is 10.3. The minimum atomic E-state index is -2.00. The van der Waals surface area contributed by atoms with E-state index < -0.39 is 16.1 Å². The highest BCUT2D eigenvalue weighted by molar-refractivity contribution is 6.68. The average molecular weight is 318 g/mol. The summed E-state index contributed by atoms with van der Waals surface area (Å²) in [5.41, 5.74) is 0.378. The molecule has 0 fully saturated rings. The molecule has 17 heavy (non-hydrogen) atoms. The van der Waals surface area contributed by atoms with Crippen LogP contribution in [0.2, 0.25) is 5.02 Å². The third-order valence-corrected chi connectivity index (χ3v) is 2.65. The Labute approximate surface area is 118 Å². The number of halogens is 4. The Hall–Kier alpha value is -0.390. The van der Waals surface area contributed by atoms with Gasteiger partial charge in [0, 0.05) is 0 Å². The number of rotatable bonds is 2. The van der Waals surface area contributed by atoms with E-state index in [9.17, 15) is 9.90 Å². The Kier molecular flexibility index (Phi) is 5.16. The topological polar surface area (TPSA) is 61.4 Å². The Morgan fingerprint density at radius 1 is 1.29 bits per heavy atom. The predicted octanol–water partition coefficient (Wildman–Crippen LogP) is 3.15. The number of hydrogen-bond donors (Lipinski definition) is 3. The first-order valence-electron chi connectivity index (χ1n) is 4.37. The van der Waals surface area contributed by atoms with Gasteiger partial charge in [0.1, 0.15) is 0 Å². The molecule has 0 aliphatic rings. The molecule has 1 aromatic rings. The summed E-state index contributed by atoms with van der Waals surface area (Å²) in [5, 5.41) is 14.1. The molecule has 1 rings (SSSR count). The van der Waals surface area contributed by atoms with Gasteiger partial charge in [-0.05, 0) is 12.1 Å². The summed E-state index contributed by atoms with van der Waals surface area (Å²) in [6.45, 7) is 0. The number of carbonyl (C=O) groups excluding carboxylic acids is 1. The van der Waals surface area contributed by atoms with Gasteiger partial charge >= 0.3 is 6.03 Å². The maximum absolute atomic E-state index is 11.4. The molecule has 0 spiro atoms. The van der Waals surface area contributed by atoms with Crippen molar-refractivity contribution in [2.45, 2.75) is 10.0 Å². The molecule has 8 heteroatoms. The molecule has 0 unspecified atom stereocenters. The van der Waals surface area contributed by atoms with Crippen LogP contribution in [0.15, 0.2) is 24.3 Å². The van der Waals surface area contributed by atoms with E-state index in [1.807, 2.05) is 5.32 Å². The van der Waals surface area contributed by atoms with Crippen molar-refractivity contribution in [3.05, 3.63) is 29.3 Å². The normalized spacial score (nSPS) is 13.0. The minimum Gasteiger partial charge on any atom is -0.369 e. The maximum Gasteiger partial charge on any atom is 0.321 e. The summed E-state index contributed by atoms with van der Waals surface area (Å²) in [6.07, 6.45) is -1.63. The third kappa shape index (κ3) is 4.77. The Morgan fingerprint density at radius 2 is 1.88 bits per heavy atom. The van der Waals surface area contributed by atoms with E-state index in [0.717, 1.165) is 0 Å². The van der Waals surface area contributed by atoms with Crippen LogP contribution >= 0.6 is 46.4 Å². The number of carbonyl (C=O) groups is 1. The standard InChI is InChI=1S/C9H8Cl4N2O2/c10-5-3-1-2-4-6(5)14-8(17)15-7(16)9(11,12)13/h1-4,7,16H,(H2,14,15,17)/t7-/m0/s1. The number of hydrogen-bond acceptors (Lipinski definition) is 2. The largest absolute Gasteiger partial charge is 0.369 e. The minimum absolute atomic E-state index is 0.353. The molecule has 0 heterocycles. The number of aliphatic hydroxyl groups is 1. The van der Waals surface area contributed by atoms with Gasteiger partial charge in [0.2, 0.25) is 3.79 Å². The van der Waals surface area contributed by atoms with Gasteiger partial charge in [0.25, 0.3) is 0 Å². The molecule has 94 valence electrons. The molecule has 0 bridgehead atoms. The van der Waals surface area contributed by atoms with Gasteiger partial charge in [-0.2, -0.15) is 0 Å².